The Morgan fingerprint density at radius 3 is 2.70 bits per heavy atom. The molecule has 9 heteroatoms. The number of amides is 1. The van der Waals surface area contributed by atoms with Crippen molar-refractivity contribution in [1.82, 2.24) is 24.4 Å². The fraction of sp³-hybridized carbons (Fsp3) is 0.190. The zero-order chi connectivity index (χ0) is 21.3. The van der Waals surface area contributed by atoms with Gasteiger partial charge in [0.05, 0.1) is 24.1 Å². The maximum atomic E-state index is 12.6. The highest BCUT2D eigenvalue weighted by molar-refractivity contribution is 7.10. The summed E-state index contributed by atoms with van der Waals surface area (Å²) in [5.41, 5.74) is 5.06. The second-order valence-electron chi connectivity index (χ2n) is 6.80. The van der Waals surface area contributed by atoms with Gasteiger partial charge in [-0.05, 0) is 44.5 Å². The molecule has 0 bridgehead atoms. The lowest BCUT2D eigenvalue weighted by atomic mass is 10.1. The Morgan fingerprint density at radius 2 is 1.93 bits per heavy atom. The van der Waals surface area contributed by atoms with Crippen molar-refractivity contribution >= 4 is 22.6 Å². The van der Waals surface area contributed by atoms with Crippen molar-refractivity contribution in [2.45, 2.75) is 20.8 Å². The number of nitrogens with zero attached hydrogens (tertiary/aromatic N) is 5. The quantitative estimate of drug-likeness (QED) is 0.525. The average molecular weight is 420 g/mol. The molecule has 0 fully saturated rings. The molecule has 4 aromatic rings. The number of ether oxygens (including phenoxy) is 1. The summed E-state index contributed by atoms with van der Waals surface area (Å²) < 4.78 is 11.4. The van der Waals surface area contributed by atoms with Gasteiger partial charge in [0.1, 0.15) is 5.75 Å². The normalized spacial score (nSPS) is 10.8. The third kappa shape index (κ3) is 3.67. The van der Waals surface area contributed by atoms with Crippen LogP contribution in [-0.4, -0.2) is 37.4 Å². The van der Waals surface area contributed by atoms with Gasteiger partial charge in [-0.15, -0.1) is 5.10 Å². The standard InChI is InChI=1S/C21H20N6O2S/c1-12-9-10-16(13(2)11-12)27-14(3)18(24-26-27)19-22-21(30-25-19)23-20(28)15-7-5-6-8-17(15)29-4/h5-11H,1-4H3,(H,22,23,25,28). The maximum absolute atomic E-state index is 12.6. The van der Waals surface area contributed by atoms with Crippen molar-refractivity contribution in [3.8, 4) is 23.0 Å². The highest BCUT2D eigenvalue weighted by Gasteiger charge is 2.19. The molecule has 0 aliphatic heterocycles. The van der Waals surface area contributed by atoms with E-state index in [-0.39, 0.29) is 5.91 Å². The summed E-state index contributed by atoms with van der Waals surface area (Å²) in [6.07, 6.45) is 0. The van der Waals surface area contributed by atoms with E-state index in [2.05, 4.69) is 38.0 Å². The molecule has 8 nitrogen and oxygen atoms in total. The highest BCUT2D eigenvalue weighted by atomic mass is 32.1. The van der Waals surface area contributed by atoms with Crippen LogP contribution in [0.25, 0.3) is 17.2 Å². The Labute approximate surface area is 177 Å². The number of rotatable bonds is 5. The smallest absolute Gasteiger partial charge is 0.261 e. The number of aryl methyl sites for hydroxylation is 2. The lowest BCUT2D eigenvalue weighted by Gasteiger charge is -2.08. The molecule has 30 heavy (non-hydrogen) atoms. The molecule has 2 aromatic heterocycles. The first-order valence-electron chi connectivity index (χ1n) is 9.26. The van der Waals surface area contributed by atoms with Crippen LogP contribution < -0.4 is 10.1 Å². The minimum Gasteiger partial charge on any atom is -0.496 e. The summed E-state index contributed by atoms with van der Waals surface area (Å²) in [5, 5.41) is 11.7. The largest absolute Gasteiger partial charge is 0.496 e. The van der Waals surface area contributed by atoms with Crippen molar-refractivity contribution < 1.29 is 9.53 Å². The fourth-order valence-corrected chi connectivity index (χ4v) is 3.74. The van der Waals surface area contributed by atoms with Crippen LogP contribution in [0.4, 0.5) is 5.13 Å². The summed E-state index contributed by atoms with van der Waals surface area (Å²) in [6.45, 7) is 6.01. The number of nitrogens with one attached hydrogen (secondary N) is 1. The number of hydrogen-bond acceptors (Lipinski definition) is 7. The summed E-state index contributed by atoms with van der Waals surface area (Å²) in [4.78, 5) is 17.0. The molecule has 0 unspecified atom stereocenters. The van der Waals surface area contributed by atoms with Crippen LogP contribution in [0.5, 0.6) is 5.75 Å². The maximum Gasteiger partial charge on any atom is 0.261 e. The molecule has 2 aromatic carbocycles. The van der Waals surface area contributed by atoms with Gasteiger partial charge in [-0.1, -0.05) is 35.0 Å². The molecule has 4 rings (SSSR count). The van der Waals surface area contributed by atoms with E-state index in [9.17, 15) is 4.79 Å². The second-order valence-corrected chi connectivity index (χ2v) is 7.55. The molecule has 152 valence electrons. The third-order valence-corrected chi connectivity index (χ3v) is 5.32. The minimum atomic E-state index is -0.314. The van der Waals surface area contributed by atoms with Crippen molar-refractivity contribution in [3.05, 3.63) is 64.8 Å². The zero-order valence-corrected chi connectivity index (χ0v) is 17.8. The second kappa shape index (κ2) is 8.03. The van der Waals surface area contributed by atoms with Gasteiger partial charge in [0.15, 0.2) is 11.5 Å². The molecule has 0 aliphatic carbocycles. The van der Waals surface area contributed by atoms with Crippen molar-refractivity contribution in [2.24, 2.45) is 0 Å². The molecule has 0 saturated carbocycles. The SMILES string of the molecule is COc1ccccc1C(=O)Nc1nc(-c2nnn(-c3ccc(C)cc3C)c2C)ns1. The number of para-hydroxylation sites is 1. The van der Waals surface area contributed by atoms with Crippen LogP contribution in [0.3, 0.4) is 0 Å². The van der Waals surface area contributed by atoms with E-state index < -0.39 is 0 Å². The van der Waals surface area contributed by atoms with E-state index in [4.69, 9.17) is 4.74 Å². The summed E-state index contributed by atoms with van der Waals surface area (Å²) in [7, 11) is 1.52. The lowest BCUT2D eigenvalue weighted by Crippen LogP contribution is -2.12. The molecular weight excluding hydrogens is 400 g/mol. The van der Waals surface area contributed by atoms with Crippen LogP contribution in [0.2, 0.25) is 0 Å². The Hall–Kier alpha value is -3.59. The molecule has 0 spiro atoms. The fourth-order valence-electron chi connectivity index (χ4n) is 3.17. The topological polar surface area (TPSA) is 94.8 Å². The van der Waals surface area contributed by atoms with Crippen LogP contribution in [0.15, 0.2) is 42.5 Å². The molecule has 0 atom stereocenters. The number of benzene rings is 2. The van der Waals surface area contributed by atoms with Gasteiger partial charge in [0.25, 0.3) is 5.91 Å². The molecule has 0 aliphatic rings. The molecule has 0 saturated heterocycles. The van der Waals surface area contributed by atoms with E-state index >= 15 is 0 Å². The predicted octanol–water partition coefficient (Wildman–Crippen LogP) is 3.97. The Morgan fingerprint density at radius 1 is 1.13 bits per heavy atom. The third-order valence-electron chi connectivity index (χ3n) is 4.68. The number of hydrogen-bond donors (Lipinski definition) is 1. The van der Waals surface area contributed by atoms with E-state index in [1.54, 1.807) is 28.9 Å². The number of anilines is 1. The molecular formula is C21H20N6O2S. The first-order valence-corrected chi connectivity index (χ1v) is 10.0. The van der Waals surface area contributed by atoms with Crippen molar-refractivity contribution in [3.63, 3.8) is 0 Å². The monoisotopic (exact) mass is 420 g/mol. The van der Waals surface area contributed by atoms with Gasteiger partial charge in [-0.25, -0.2) is 4.68 Å². The van der Waals surface area contributed by atoms with E-state index in [1.807, 2.05) is 26.0 Å². The summed E-state index contributed by atoms with van der Waals surface area (Å²) in [5.74, 6) is 0.599. The van der Waals surface area contributed by atoms with Crippen LogP contribution in [0.1, 0.15) is 27.2 Å². The molecule has 2 heterocycles. The zero-order valence-electron chi connectivity index (χ0n) is 17.0. The first kappa shape index (κ1) is 19.7. The van der Waals surface area contributed by atoms with Gasteiger partial charge in [-0.2, -0.15) is 9.36 Å². The van der Waals surface area contributed by atoms with E-state index in [1.165, 1.54) is 12.7 Å². The lowest BCUT2D eigenvalue weighted by molar-refractivity contribution is 0.102. The number of carbonyl (C=O) groups excluding carboxylic acids is 1. The van der Waals surface area contributed by atoms with Crippen LogP contribution in [0, 0.1) is 20.8 Å². The van der Waals surface area contributed by atoms with Gasteiger partial charge in [0, 0.05) is 11.5 Å². The Kier molecular flexibility index (Phi) is 5.28. The Bertz CT molecular complexity index is 1230. The van der Waals surface area contributed by atoms with Crippen LogP contribution >= 0.6 is 11.5 Å². The van der Waals surface area contributed by atoms with Gasteiger partial charge in [-0.3, -0.25) is 10.1 Å². The van der Waals surface area contributed by atoms with E-state index in [0.29, 0.717) is 28.0 Å². The first-order chi connectivity index (χ1) is 14.5. The summed E-state index contributed by atoms with van der Waals surface area (Å²) >= 11 is 1.09. The van der Waals surface area contributed by atoms with Gasteiger partial charge >= 0.3 is 0 Å². The number of methoxy groups -OCH3 is 1. The predicted molar refractivity (Wildman–Crippen MR) is 115 cm³/mol. The van der Waals surface area contributed by atoms with E-state index in [0.717, 1.165) is 28.5 Å². The van der Waals surface area contributed by atoms with Crippen molar-refractivity contribution in [1.29, 1.82) is 0 Å². The van der Waals surface area contributed by atoms with Gasteiger partial charge in [0.2, 0.25) is 5.13 Å². The minimum absolute atomic E-state index is 0.314. The molecule has 1 amide bonds. The Balaban J connectivity index is 1.59. The molecule has 1 N–H and O–H groups in total. The molecule has 0 radical (unpaired) electrons. The van der Waals surface area contributed by atoms with Gasteiger partial charge < -0.3 is 4.74 Å². The van der Waals surface area contributed by atoms with Crippen LogP contribution in [-0.2, 0) is 0 Å². The summed E-state index contributed by atoms with van der Waals surface area (Å²) in [6, 6.07) is 13.2. The van der Waals surface area contributed by atoms with Crippen molar-refractivity contribution in [2.75, 3.05) is 12.4 Å². The highest BCUT2D eigenvalue weighted by Crippen LogP contribution is 2.26. The average Bonchev–Trinajstić information content (AvgIpc) is 3.34. The number of aromatic nitrogens is 5. The number of carbonyl (C=O) groups is 1.